The van der Waals surface area contributed by atoms with Crippen LogP contribution in [-0.4, -0.2) is 43.5 Å². The number of amides is 1. The second-order valence-electron chi connectivity index (χ2n) is 4.79. The summed E-state index contributed by atoms with van der Waals surface area (Å²) in [6.45, 7) is 7.15. The molecule has 0 saturated carbocycles. The largest absolute Gasteiger partial charge is 0.354 e. The predicted molar refractivity (Wildman–Crippen MR) is 76.9 cm³/mol. The van der Waals surface area contributed by atoms with E-state index in [-0.39, 0.29) is 18.9 Å². The van der Waals surface area contributed by atoms with Gasteiger partial charge in [0.1, 0.15) is 0 Å². The maximum absolute atomic E-state index is 11.5. The third-order valence-electron chi connectivity index (χ3n) is 3.11. The number of nitrogens with one attached hydrogen (secondary N) is 2. The van der Waals surface area contributed by atoms with E-state index in [1.807, 2.05) is 25.5 Å². The van der Waals surface area contributed by atoms with Gasteiger partial charge >= 0.3 is 0 Å². The standard InChI is InChI=1S/C12H22N4O3S/c1-9-10(2)15-16(11(9)3)8-7-13-12(17)5-6-14-20(4,18)19/h14H,5-8H2,1-4H3,(H,13,17). The molecule has 20 heavy (non-hydrogen) atoms. The highest BCUT2D eigenvalue weighted by atomic mass is 32.2. The Morgan fingerprint density at radius 1 is 1.25 bits per heavy atom. The molecule has 0 fully saturated rings. The Balaban J connectivity index is 2.30. The van der Waals surface area contributed by atoms with Crippen LogP contribution in [-0.2, 0) is 21.4 Å². The van der Waals surface area contributed by atoms with E-state index in [9.17, 15) is 13.2 Å². The van der Waals surface area contributed by atoms with E-state index in [0.717, 1.165) is 23.2 Å². The fourth-order valence-electron chi connectivity index (χ4n) is 1.74. The van der Waals surface area contributed by atoms with Crippen LogP contribution < -0.4 is 10.0 Å². The van der Waals surface area contributed by atoms with Gasteiger partial charge in [0.15, 0.2) is 0 Å². The molecule has 8 heteroatoms. The highest BCUT2D eigenvalue weighted by Crippen LogP contribution is 2.10. The maximum atomic E-state index is 11.5. The van der Waals surface area contributed by atoms with Crippen molar-refractivity contribution in [1.29, 1.82) is 0 Å². The van der Waals surface area contributed by atoms with Crippen LogP contribution in [0.15, 0.2) is 0 Å². The Kier molecular flexibility index (Phi) is 5.70. The van der Waals surface area contributed by atoms with Gasteiger partial charge in [0.05, 0.1) is 18.5 Å². The zero-order chi connectivity index (χ0) is 15.3. The van der Waals surface area contributed by atoms with Crippen LogP contribution in [0.5, 0.6) is 0 Å². The van der Waals surface area contributed by atoms with Crippen molar-refractivity contribution in [2.24, 2.45) is 0 Å². The first-order valence-corrected chi connectivity index (χ1v) is 8.32. The van der Waals surface area contributed by atoms with Gasteiger partial charge in [0, 0.05) is 25.2 Å². The summed E-state index contributed by atoms with van der Waals surface area (Å²) in [4.78, 5) is 11.5. The molecule has 0 radical (unpaired) electrons. The molecule has 7 nitrogen and oxygen atoms in total. The zero-order valence-corrected chi connectivity index (χ0v) is 13.2. The third kappa shape index (κ3) is 5.30. The van der Waals surface area contributed by atoms with Crippen LogP contribution in [0.4, 0.5) is 0 Å². The summed E-state index contributed by atoms with van der Waals surface area (Å²) < 4.78 is 25.8. The van der Waals surface area contributed by atoms with Crippen molar-refractivity contribution in [1.82, 2.24) is 19.8 Å². The molecule has 0 saturated heterocycles. The average Bonchev–Trinajstić information content (AvgIpc) is 2.55. The molecule has 1 aromatic heterocycles. The molecule has 114 valence electrons. The van der Waals surface area contributed by atoms with Crippen LogP contribution in [0.25, 0.3) is 0 Å². The van der Waals surface area contributed by atoms with E-state index in [1.54, 1.807) is 0 Å². The van der Waals surface area contributed by atoms with E-state index in [1.165, 1.54) is 0 Å². The lowest BCUT2D eigenvalue weighted by molar-refractivity contribution is -0.120. The number of rotatable bonds is 7. The van der Waals surface area contributed by atoms with E-state index < -0.39 is 10.0 Å². The molecule has 1 amide bonds. The Morgan fingerprint density at radius 2 is 1.90 bits per heavy atom. The van der Waals surface area contributed by atoms with Crippen LogP contribution in [0.3, 0.4) is 0 Å². The van der Waals surface area contributed by atoms with Gasteiger partial charge in [-0.3, -0.25) is 9.48 Å². The fourth-order valence-corrected chi connectivity index (χ4v) is 2.22. The van der Waals surface area contributed by atoms with Gasteiger partial charge in [-0.05, 0) is 26.3 Å². The summed E-state index contributed by atoms with van der Waals surface area (Å²) in [6, 6.07) is 0. The Labute approximate surface area is 119 Å². The van der Waals surface area contributed by atoms with Crippen molar-refractivity contribution < 1.29 is 13.2 Å². The average molecular weight is 302 g/mol. The number of hydrogen-bond donors (Lipinski definition) is 2. The van der Waals surface area contributed by atoms with Crippen LogP contribution in [0.2, 0.25) is 0 Å². The number of sulfonamides is 1. The predicted octanol–water partition coefficient (Wildman–Crippen LogP) is -0.136. The van der Waals surface area contributed by atoms with Crippen LogP contribution >= 0.6 is 0 Å². The normalized spacial score (nSPS) is 11.6. The van der Waals surface area contributed by atoms with Gasteiger partial charge in [-0.1, -0.05) is 0 Å². The van der Waals surface area contributed by atoms with Crippen LogP contribution in [0.1, 0.15) is 23.4 Å². The van der Waals surface area contributed by atoms with Gasteiger partial charge in [-0.2, -0.15) is 5.10 Å². The van der Waals surface area contributed by atoms with Crippen molar-refractivity contribution in [3.8, 4) is 0 Å². The number of carbonyl (C=O) groups is 1. The second-order valence-corrected chi connectivity index (χ2v) is 6.62. The lowest BCUT2D eigenvalue weighted by atomic mass is 10.2. The first-order valence-electron chi connectivity index (χ1n) is 6.42. The number of aryl methyl sites for hydroxylation is 1. The topological polar surface area (TPSA) is 93.1 Å². The van der Waals surface area contributed by atoms with Crippen molar-refractivity contribution in [2.75, 3.05) is 19.3 Å². The number of nitrogens with zero attached hydrogens (tertiary/aromatic N) is 2. The molecular weight excluding hydrogens is 280 g/mol. The first kappa shape index (κ1) is 16.6. The highest BCUT2D eigenvalue weighted by Gasteiger charge is 2.08. The Morgan fingerprint density at radius 3 is 2.40 bits per heavy atom. The van der Waals surface area contributed by atoms with Gasteiger partial charge in [-0.15, -0.1) is 0 Å². The van der Waals surface area contributed by atoms with Crippen molar-refractivity contribution >= 4 is 15.9 Å². The van der Waals surface area contributed by atoms with Gasteiger partial charge < -0.3 is 5.32 Å². The molecule has 1 heterocycles. The summed E-state index contributed by atoms with van der Waals surface area (Å²) >= 11 is 0. The third-order valence-corrected chi connectivity index (χ3v) is 3.83. The molecule has 2 N–H and O–H groups in total. The van der Waals surface area contributed by atoms with Crippen LogP contribution in [0, 0.1) is 20.8 Å². The lowest BCUT2D eigenvalue weighted by Crippen LogP contribution is -2.32. The summed E-state index contributed by atoms with van der Waals surface area (Å²) in [6.07, 6.45) is 1.19. The minimum absolute atomic E-state index is 0.115. The molecular formula is C12H22N4O3S. The van der Waals surface area contributed by atoms with Crippen molar-refractivity contribution in [3.05, 3.63) is 17.0 Å². The Hall–Kier alpha value is -1.41. The highest BCUT2D eigenvalue weighted by molar-refractivity contribution is 7.88. The molecule has 0 aliphatic carbocycles. The van der Waals surface area contributed by atoms with Gasteiger partial charge in [-0.25, -0.2) is 13.1 Å². The smallest absolute Gasteiger partial charge is 0.221 e. The molecule has 0 spiro atoms. The molecule has 0 aliphatic heterocycles. The number of hydrogen-bond acceptors (Lipinski definition) is 4. The van der Waals surface area contributed by atoms with E-state index in [0.29, 0.717) is 13.1 Å². The minimum atomic E-state index is -3.24. The maximum Gasteiger partial charge on any atom is 0.221 e. The fraction of sp³-hybridized carbons (Fsp3) is 0.667. The van der Waals surface area contributed by atoms with Gasteiger partial charge in [0.2, 0.25) is 15.9 Å². The van der Waals surface area contributed by atoms with Gasteiger partial charge in [0.25, 0.3) is 0 Å². The zero-order valence-electron chi connectivity index (χ0n) is 12.4. The van der Waals surface area contributed by atoms with Crippen molar-refractivity contribution in [3.63, 3.8) is 0 Å². The molecule has 0 atom stereocenters. The van der Waals surface area contributed by atoms with E-state index >= 15 is 0 Å². The van der Waals surface area contributed by atoms with Crippen molar-refractivity contribution in [2.45, 2.75) is 33.7 Å². The second kappa shape index (κ2) is 6.85. The van der Waals surface area contributed by atoms with E-state index in [2.05, 4.69) is 15.1 Å². The molecule has 0 unspecified atom stereocenters. The quantitative estimate of drug-likeness (QED) is 0.733. The summed E-state index contributed by atoms with van der Waals surface area (Å²) in [7, 11) is -3.24. The summed E-state index contributed by atoms with van der Waals surface area (Å²) in [5, 5.41) is 7.11. The summed E-state index contributed by atoms with van der Waals surface area (Å²) in [5.74, 6) is -0.181. The first-order chi connectivity index (χ1) is 9.20. The van der Waals surface area contributed by atoms with E-state index in [4.69, 9.17) is 0 Å². The SMILES string of the molecule is Cc1nn(CCNC(=O)CCNS(C)(=O)=O)c(C)c1C. The molecule has 1 aromatic rings. The molecule has 0 aromatic carbocycles. The summed E-state index contributed by atoms with van der Waals surface area (Å²) in [5.41, 5.74) is 3.25. The molecule has 0 aliphatic rings. The monoisotopic (exact) mass is 302 g/mol. The lowest BCUT2D eigenvalue weighted by Gasteiger charge is -2.07. The minimum Gasteiger partial charge on any atom is -0.354 e. The molecule has 0 bridgehead atoms. The number of carbonyl (C=O) groups excluding carboxylic acids is 1. The number of aromatic nitrogens is 2. The Bertz CT molecular complexity index is 578. The molecule has 1 rings (SSSR count).